The van der Waals surface area contributed by atoms with Crippen LogP contribution in [0.2, 0.25) is 5.02 Å². The van der Waals surface area contributed by atoms with Crippen molar-refractivity contribution in [3.8, 4) is 11.3 Å². The molecule has 0 unspecified atom stereocenters. The highest BCUT2D eigenvalue weighted by atomic mass is 35.5. The quantitative estimate of drug-likeness (QED) is 0.631. The number of hydrogen-bond acceptors (Lipinski definition) is 1. The van der Waals surface area contributed by atoms with Crippen LogP contribution in [0.15, 0.2) is 42.9 Å². The molecule has 0 aliphatic carbocycles. The fourth-order valence-corrected chi connectivity index (χ4v) is 1.88. The largest absolute Gasteiger partial charge is 0.320 e. The maximum Gasteiger partial charge on any atom is 0.214 e. The van der Waals surface area contributed by atoms with E-state index < -0.39 is 0 Å². The molecule has 0 fully saturated rings. The molecule has 80 valence electrons. The molecule has 0 saturated carbocycles. The van der Waals surface area contributed by atoms with E-state index in [1.807, 2.05) is 58.9 Å². The second kappa shape index (κ2) is 3.39. The van der Waals surface area contributed by atoms with Gasteiger partial charge in [0.15, 0.2) is 0 Å². The van der Waals surface area contributed by atoms with Crippen LogP contribution in [0.5, 0.6) is 0 Å². The Labute approximate surface area is 97.9 Å². The van der Waals surface area contributed by atoms with E-state index in [-0.39, 0.29) is 0 Å². The molecule has 0 saturated heterocycles. The molecule has 0 amide bonds. The summed E-state index contributed by atoms with van der Waals surface area (Å²) in [5, 5.41) is 0.743. The third kappa shape index (κ3) is 1.41. The van der Waals surface area contributed by atoms with Crippen molar-refractivity contribution in [1.82, 2.24) is 14.0 Å². The minimum absolute atomic E-state index is 0.743. The van der Waals surface area contributed by atoms with Gasteiger partial charge in [0.1, 0.15) is 0 Å². The molecular formula is C12H10ClN3. The zero-order valence-corrected chi connectivity index (χ0v) is 9.52. The molecule has 0 spiro atoms. The van der Waals surface area contributed by atoms with E-state index in [0.29, 0.717) is 0 Å². The lowest BCUT2D eigenvalue weighted by atomic mass is 10.2. The summed E-state index contributed by atoms with van der Waals surface area (Å²) in [7, 11) is 1.98. The summed E-state index contributed by atoms with van der Waals surface area (Å²) in [5.74, 6) is 0.935. The van der Waals surface area contributed by atoms with Crippen molar-refractivity contribution in [2.75, 3.05) is 0 Å². The number of fused-ring (bicyclic) bond motifs is 1. The van der Waals surface area contributed by atoms with Crippen molar-refractivity contribution in [3.05, 3.63) is 47.9 Å². The van der Waals surface area contributed by atoms with Gasteiger partial charge in [0.05, 0.1) is 5.69 Å². The van der Waals surface area contributed by atoms with Gasteiger partial charge >= 0.3 is 0 Å². The lowest BCUT2D eigenvalue weighted by Gasteiger charge is -1.95. The first-order chi connectivity index (χ1) is 7.74. The van der Waals surface area contributed by atoms with Crippen molar-refractivity contribution in [3.63, 3.8) is 0 Å². The first kappa shape index (κ1) is 9.48. The number of imidazole rings is 2. The van der Waals surface area contributed by atoms with E-state index in [2.05, 4.69) is 4.98 Å². The monoisotopic (exact) mass is 231 g/mol. The highest BCUT2D eigenvalue weighted by Crippen LogP contribution is 2.21. The Morgan fingerprint density at radius 2 is 1.88 bits per heavy atom. The zero-order chi connectivity index (χ0) is 11.1. The van der Waals surface area contributed by atoms with Gasteiger partial charge in [0.2, 0.25) is 5.78 Å². The first-order valence-electron chi connectivity index (χ1n) is 5.00. The van der Waals surface area contributed by atoms with Crippen molar-refractivity contribution in [1.29, 1.82) is 0 Å². The molecule has 3 rings (SSSR count). The zero-order valence-electron chi connectivity index (χ0n) is 8.76. The second-order valence-corrected chi connectivity index (χ2v) is 4.19. The number of nitrogens with zero attached hydrogens (tertiary/aromatic N) is 3. The molecule has 0 radical (unpaired) electrons. The van der Waals surface area contributed by atoms with Crippen LogP contribution in [-0.4, -0.2) is 14.0 Å². The Balaban J connectivity index is 2.15. The van der Waals surface area contributed by atoms with Gasteiger partial charge in [0, 0.05) is 36.2 Å². The first-order valence-corrected chi connectivity index (χ1v) is 5.38. The van der Waals surface area contributed by atoms with Crippen LogP contribution in [0, 0.1) is 0 Å². The SMILES string of the molecule is Cn1ccn2cc(-c3ccc(Cl)cc3)nc12. The Morgan fingerprint density at radius 1 is 1.12 bits per heavy atom. The van der Waals surface area contributed by atoms with Gasteiger partial charge in [-0.3, -0.25) is 4.40 Å². The molecule has 16 heavy (non-hydrogen) atoms. The summed E-state index contributed by atoms with van der Waals surface area (Å²) in [6.45, 7) is 0. The van der Waals surface area contributed by atoms with Crippen LogP contribution in [-0.2, 0) is 7.05 Å². The number of hydrogen-bond donors (Lipinski definition) is 0. The topological polar surface area (TPSA) is 22.2 Å². The van der Waals surface area contributed by atoms with Gasteiger partial charge in [-0.25, -0.2) is 4.98 Å². The van der Waals surface area contributed by atoms with Crippen molar-refractivity contribution in [2.24, 2.45) is 7.05 Å². The molecule has 2 aromatic heterocycles. The lowest BCUT2D eigenvalue weighted by Crippen LogP contribution is -1.86. The second-order valence-electron chi connectivity index (χ2n) is 3.75. The summed E-state index contributed by atoms with van der Waals surface area (Å²) in [4.78, 5) is 4.56. The van der Waals surface area contributed by atoms with Gasteiger partial charge in [0.25, 0.3) is 0 Å². The molecule has 3 aromatic rings. The third-order valence-electron chi connectivity index (χ3n) is 2.62. The maximum atomic E-state index is 5.85. The van der Waals surface area contributed by atoms with Crippen LogP contribution < -0.4 is 0 Å². The number of aromatic nitrogens is 3. The maximum absolute atomic E-state index is 5.85. The predicted molar refractivity (Wildman–Crippen MR) is 64.6 cm³/mol. The highest BCUT2D eigenvalue weighted by molar-refractivity contribution is 6.30. The van der Waals surface area contributed by atoms with Crippen molar-refractivity contribution < 1.29 is 0 Å². The molecule has 3 nitrogen and oxygen atoms in total. The Hall–Kier alpha value is -1.74. The van der Waals surface area contributed by atoms with Gasteiger partial charge in [-0.2, -0.15) is 0 Å². The van der Waals surface area contributed by atoms with Gasteiger partial charge < -0.3 is 4.57 Å². The summed E-state index contributed by atoms with van der Waals surface area (Å²) < 4.78 is 3.99. The van der Waals surface area contributed by atoms with E-state index in [4.69, 9.17) is 11.6 Å². The average molecular weight is 232 g/mol. The molecule has 0 bridgehead atoms. The van der Waals surface area contributed by atoms with Gasteiger partial charge in [-0.1, -0.05) is 23.7 Å². The summed E-state index contributed by atoms with van der Waals surface area (Å²) >= 11 is 5.85. The normalized spacial score (nSPS) is 11.1. The van der Waals surface area contributed by atoms with E-state index in [0.717, 1.165) is 22.1 Å². The molecule has 0 aliphatic heterocycles. The molecule has 1 aromatic carbocycles. The van der Waals surface area contributed by atoms with Crippen LogP contribution in [0.1, 0.15) is 0 Å². The fraction of sp³-hybridized carbons (Fsp3) is 0.0833. The van der Waals surface area contributed by atoms with Gasteiger partial charge in [-0.05, 0) is 12.1 Å². The van der Waals surface area contributed by atoms with Gasteiger partial charge in [-0.15, -0.1) is 0 Å². The summed E-state index contributed by atoms with van der Waals surface area (Å²) in [5.41, 5.74) is 2.04. The number of halogens is 1. The van der Waals surface area contributed by atoms with E-state index >= 15 is 0 Å². The van der Waals surface area contributed by atoms with Crippen LogP contribution in [0.3, 0.4) is 0 Å². The number of aryl methyl sites for hydroxylation is 1. The van der Waals surface area contributed by atoms with Crippen LogP contribution in [0.25, 0.3) is 17.0 Å². The summed E-state index contributed by atoms with van der Waals surface area (Å²) in [6.07, 6.45) is 5.98. The third-order valence-corrected chi connectivity index (χ3v) is 2.87. The fourth-order valence-electron chi connectivity index (χ4n) is 1.75. The standard InChI is InChI=1S/C12H10ClN3/c1-15-6-7-16-8-11(14-12(15)16)9-2-4-10(13)5-3-9/h2-8H,1H3. The molecule has 4 heteroatoms. The molecule has 0 aliphatic rings. The minimum Gasteiger partial charge on any atom is -0.320 e. The predicted octanol–water partition coefficient (Wildman–Crippen LogP) is 2.99. The minimum atomic E-state index is 0.743. The molecular weight excluding hydrogens is 222 g/mol. The molecule has 0 N–H and O–H groups in total. The Morgan fingerprint density at radius 3 is 2.56 bits per heavy atom. The molecule has 2 heterocycles. The van der Waals surface area contributed by atoms with Crippen LogP contribution in [0.4, 0.5) is 0 Å². The highest BCUT2D eigenvalue weighted by Gasteiger charge is 2.05. The van der Waals surface area contributed by atoms with Crippen LogP contribution >= 0.6 is 11.6 Å². The van der Waals surface area contributed by atoms with Crippen molar-refractivity contribution in [2.45, 2.75) is 0 Å². The molecule has 0 atom stereocenters. The van der Waals surface area contributed by atoms with Crippen molar-refractivity contribution >= 4 is 17.4 Å². The van der Waals surface area contributed by atoms with E-state index in [9.17, 15) is 0 Å². The van der Waals surface area contributed by atoms with E-state index in [1.165, 1.54) is 0 Å². The van der Waals surface area contributed by atoms with E-state index in [1.54, 1.807) is 0 Å². The summed E-state index contributed by atoms with van der Waals surface area (Å²) in [6, 6.07) is 7.70. The average Bonchev–Trinajstić information content (AvgIpc) is 2.83. The smallest absolute Gasteiger partial charge is 0.214 e. The Kier molecular flexibility index (Phi) is 2.01. The number of benzene rings is 1. The Bertz CT molecular complexity index is 634. The lowest BCUT2D eigenvalue weighted by molar-refractivity contribution is 0.938. The number of rotatable bonds is 1.